The molecule has 292 valence electrons. The largest absolute Gasteiger partial charge is 1.00 e. The minimum atomic E-state index is -1.93. The van der Waals surface area contributed by atoms with Gasteiger partial charge in [0.25, 0.3) is 17.7 Å². The summed E-state index contributed by atoms with van der Waals surface area (Å²) in [5.41, 5.74) is 2.86. The summed E-state index contributed by atoms with van der Waals surface area (Å²) in [6.45, 7) is 6.17. The van der Waals surface area contributed by atoms with Gasteiger partial charge in [-0.25, -0.2) is 4.98 Å². The number of hydrogen-bond acceptors (Lipinski definition) is 16. The zero-order chi connectivity index (χ0) is 40.0. The van der Waals surface area contributed by atoms with Crippen molar-refractivity contribution in [3.05, 3.63) is 56.5 Å². The number of quaternary nitrogens is 1. The number of benzene rings is 1. The fourth-order valence-electron chi connectivity index (χ4n) is 6.80. The van der Waals surface area contributed by atoms with Gasteiger partial charge in [0.1, 0.15) is 29.2 Å². The monoisotopic (exact) mass is 820 g/mol. The van der Waals surface area contributed by atoms with E-state index in [0.717, 1.165) is 49.0 Å². The molecule has 3 amide bonds. The zero-order valence-electron chi connectivity index (χ0n) is 30.7. The van der Waals surface area contributed by atoms with Gasteiger partial charge < -0.3 is 60.7 Å². The second-order valence-electron chi connectivity index (χ2n) is 13.9. The number of aromatic hydroxyl groups is 2. The molecule has 0 radical (unpaired) electrons. The fraction of sp³-hybridized carbons (Fsp3) is 0.412. The Morgan fingerprint density at radius 1 is 1.16 bits per heavy atom. The van der Waals surface area contributed by atoms with E-state index in [9.17, 15) is 49.2 Å². The number of fused-ring (bicyclic) bond motifs is 2. The first-order valence-electron chi connectivity index (χ1n) is 17.1. The van der Waals surface area contributed by atoms with E-state index in [2.05, 4.69) is 25.8 Å². The first-order valence-corrected chi connectivity index (χ1v) is 18.9. The Morgan fingerprint density at radius 3 is 2.46 bits per heavy atom. The predicted octanol–water partition coefficient (Wildman–Crippen LogP) is -4.94. The summed E-state index contributed by atoms with van der Waals surface area (Å²) in [7, 11) is 0. The van der Waals surface area contributed by atoms with E-state index in [1.807, 2.05) is 0 Å². The number of phenolic OH excluding ortho intramolecular Hbond substituents is 2. The third-order valence-corrected chi connectivity index (χ3v) is 12.0. The number of carboxylic acid groups (broad SMARTS) is 2. The summed E-state index contributed by atoms with van der Waals surface area (Å²) in [6, 6.07) is 1.06. The van der Waals surface area contributed by atoms with Crippen LogP contribution in [0.25, 0.3) is 10.9 Å². The van der Waals surface area contributed by atoms with E-state index >= 15 is 0 Å². The number of likely N-dealkylation sites (tertiary alicyclic amines) is 1. The topological polar surface area (TPSA) is 293 Å². The fourth-order valence-corrected chi connectivity index (χ4v) is 8.79. The SMILES string of the molecule is C[C@@H]1S[C@@H]2[C@H](NC(=O)/C(=N\OC(C)(C)C(=O)[O-])c3csc(N)n3)C(=O)N2C(C(=O)[O-])=C1C[N+]1(CCNC(=O)c2c[nH]c3cc(O)c(O)cc3c2=O)CCCC1.[Na+]. The molecular weight excluding hydrogens is 784 g/mol. The van der Waals surface area contributed by atoms with Crippen LogP contribution in [0.15, 0.2) is 44.9 Å². The number of carboxylic acids is 2. The van der Waals surface area contributed by atoms with Crippen LogP contribution < -0.4 is 61.6 Å². The molecule has 1 aromatic carbocycles. The average Bonchev–Trinajstić information content (AvgIpc) is 3.77. The van der Waals surface area contributed by atoms with Crippen molar-refractivity contribution >= 4 is 74.5 Å². The predicted molar refractivity (Wildman–Crippen MR) is 194 cm³/mol. The Balaban J connectivity index is 0.00000600. The van der Waals surface area contributed by atoms with Crippen molar-refractivity contribution < 1.29 is 83.3 Å². The van der Waals surface area contributed by atoms with Gasteiger partial charge in [0.2, 0.25) is 5.43 Å². The molecule has 56 heavy (non-hydrogen) atoms. The number of thioether (sulfide) groups is 1. The number of aromatic amines is 1. The number of thiazole rings is 1. The Hall–Kier alpha value is -4.67. The van der Waals surface area contributed by atoms with Crippen molar-refractivity contribution in [2.24, 2.45) is 5.16 Å². The number of anilines is 1. The average molecular weight is 821 g/mol. The van der Waals surface area contributed by atoms with E-state index in [1.165, 1.54) is 29.4 Å². The van der Waals surface area contributed by atoms with Crippen LogP contribution in [-0.2, 0) is 24.0 Å². The van der Waals surface area contributed by atoms with Crippen LogP contribution in [0.3, 0.4) is 0 Å². The molecule has 3 atom stereocenters. The van der Waals surface area contributed by atoms with Gasteiger partial charge in [0.15, 0.2) is 27.9 Å². The third-order valence-electron chi connectivity index (χ3n) is 9.85. The number of pyridine rings is 1. The van der Waals surface area contributed by atoms with Crippen molar-refractivity contribution in [3.63, 3.8) is 0 Å². The number of oxime groups is 1. The van der Waals surface area contributed by atoms with Crippen LogP contribution in [0.1, 0.15) is 49.7 Å². The summed E-state index contributed by atoms with van der Waals surface area (Å²) >= 11 is 2.25. The van der Waals surface area contributed by atoms with E-state index in [-0.39, 0.29) is 75.6 Å². The number of amides is 3. The molecule has 3 aliphatic rings. The molecule has 6 rings (SSSR count). The number of H-pyrrole nitrogens is 1. The number of phenols is 2. The number of rotatable bonds is 13. The molecule has 0 unspecified atom stereocenters. The quantitative estimate of drug-likeness (QED) is 0.0235. The first kappa shape index (κ1) is 42.5. The van der Waals surface area contributed by atoms with Crippen molar-refractivity contribution in [2.45, 2.75) is 55.9 Å². The number of carbonyl (C=O) groups is 5. The normalized spacial score (nSPS) is 20.5. The number of hydrogen-bond donors (Lipinski definition) is 6. The van der Waals surface area contributed by atoms with Gasteiger partial charge in [-0.05, 0) is 26.8 Å². The number of nitrogens with one attached hydrogen (secondary N) is 3. The van der Waals surface area contributed by atoms with Crippen molar-refractivity contribution in [1.29, 1.82) is 0 Å². The van der Waals surface area contributed by atoms with Crippen molar-refractivity contribution in [2.75, 3.05) is 38.5 Å². The number of nitrogen functional groups attached to an aromatic ring is 1. The molecule has 3 aliphatic heterocycles. The molecule has 2 saturated heterocycles. The van der Waals surface area contributed by atoms with Crippen LogP contribution in [0.2, 0.25) is 0 Å². The maximum absolute atomic E-state index is 13.6. The summed E-state index contributed by atoms with van der Waals surface area (Å²) in [4.78, 5) is 90.4. The molecule has 22 heteroatoms. The van der Waals surface area contributed by atoms with E-state index in [4.69, 9.17) is 10.6 Å². The Labute approximate surface area is 348 Å². The zero-order valence-corrected chi connectivity index (χ0v) is 34.4. The Bertz CT molecular complexity index is 2230. The standard InChI is InChI=1S/C34H38N8O11S2.Na/c1-15-18(13-42(7-4-5-8-42)9-6-36-27(46)17-12-37-19-11-22(44)21(43)10-16(19)26(17)45)25(31(49)50)41-29(48)24(30(41)55-15)39-28(47)23(20-14-54-33(35)38-20)40-53-34(2,3)32(51)52;/h10-12,14-15,24,30H,4-9,13H2,1-3H3,(H8-,35,36,37,38,39,40,43,44,45,46,47,49,50,51,52);/q;+1/p-1/t15-,24+,30+;/m0./s1. The van der Waals surface area contributed by atoms with E-state index < -0.39 is 74.6 Å². The molecule has 7 N–H and O–H groups in total. The number of aliphatic carboxylic acids is 2. The molecule has 3 aromatic rings. The molecule has 5 heterocycles. The first-order chi connectivity index (χ1) is 25.9. The molecule has 19 nitrogen and oxygen atoms in total. The number of nitrogens with two attached hydrogens (primary N) is 1. The van der Waals surface area contributed by atoms with Gasteiger partial charge in [0, 0.05) is 41.3 Å². The van der Waals surface area contributed by atoms with Gasteiger partial charge in [-0.1, -0.05) is 5.16 Å². The van der Waals surface area contributed by atoms with Crippen LogP contribution in [0.4, 0.5) is 5.13 Å². The van der Waals surface area contributed by atoms with Gasteiger partial charge in [-0.3, -0.25) is 24.1 Å². The van der Waals surface area contributed by atoms with Gasteiger partial charge in [0.05, 0.1) is 54.7 Å². The van der Waals surface area contributed by atoms with Gasteiger partial charge >= 0.3 is 29.6 Å². The molecule has 2 fully saturated rings. The molecule has 0 saturated carbocycles. The number of carbonyl (C=O) groups excluding carboxylic acids is 5. The second-order valence-corrected chi connectivity index (χ2v) is 16.3. The molecule has 0 bridgehead atoms. The summed E-state index contributed by atoms with van der Waals surface area (Å²) < 4.78 is 0.393. The molecule has 2 aromatic heterocycles. The summed E-state index contributed by atoms with van der Waals surface area (Å²) in [6.07, 6.45) is 2.89. The van der Waals surface area contributed by atoms with Crippen molar-refractivity contribution in [3.8, 4) is 11.5 Å². The minimum Gasteiger partial charge on any atom is -0.546 e. The molecule has 0 spiro atoms. The van der Waals surface area contributed by atoms with Gasteiger partial charge in [-0.15, -0.1) is 23.1 Å². The minimum absolute atomic E-state index is 0. The van der Waals surface area contributed by atoms with Crippen LogP contribution in [0, 0.1) is 0 Å². The Kier molecular flexibility index (Phi) is 12.5. The van der Waals surface area contributed by atoms with Crippen LogP contribution in [-0.4, -0.2) is 120 Å². The van der Waals surface area contributed by atoms with Crippen LogP contribution in [0.5, 0.6) is 11.5 Å². The molecular formula is C34H37N8NaO11S2. The number of nitrogens with zero attached hydrogens (tertiary/aromatic N) is 4. The summed E-state index contributed by atoms with van der Waals surface area (Å²) in [5.74, 6) is -6.42. The second kappa shape index (κ2) is 16.4. The number of aromatic nitrogens is 2. The molecule has 0 aliphatic carbocycles. The smallest absolute Gasteiger partial charge is 0.546 e. The summed E-state index contributed by atoms with van der Waals surface area (Å²) in [5, 5.41) is 53.0. The van der Waals surface area contributed by atoms with Gasteiger partial charge in [-0.2, -0.15) is 0 Å². The van der Waals surface area contributed by atoms with Crippen LogP contribution >= 0.6 is 23.1 Å². The number of β-lactam (4-membered cyclic amide) rings is 1. The third kappa shape index (κ3) is 8.23. The van der Waals surface area contributed by atoms with Crippen molar-refractivity contribution in [1.82, 2.24) is 25.5 Å². The van der Waals surface area contributed by atoms with E-state index in [1.54, 1.807) is 6.92 Å². The maximum Gasteiger partial charge on any atom is 1.00 e. The maximum atomic E-state index is 13.6. The van der Waals surface area contributed by atoms with E-state index in [0.29, 0.717) is 29.7 Å². The Morgan fingerprint density at radius 2 is 1.84 bits per heavy atom.